The van der Waals surface area contributed by atoms with Crippen molar-refractivity contribution in [3.63, 3.8) is 0 Å². The molecular weight excluding hydrogens is 338 g/mol. The molecule has 2 aromatic carbocycles. The highest BCUT2D eigenvalue weighted by atomic mass is 32.2. The van der Waals surface area contributed by atoms with Gasteiger partial charge in [0.15, 0.2) is 0 Å². The van der Waals surface area contributed by atoms with Gasteiger partial charge in [0.05, 0.1) is 16.5 Å². The van der Waals surface area contributed by atoms with Crippen molar-refractivity contribution in [3.8, 4) is 0 Å². The molecule has 1 N–H and O–H groups in total. The molecule has 3 rings (SSSR count). The molecule has 1 aliphatic heterocycles. The number of thioether (sulfide) groups is 1. The Balaban J connectivity index is 1.88. The summed E-state index contributed by atoms with van der Waals surface area (Å²) in [5, 5.41) is 8.66. The minimum absolute atomic E-state index is 0.0603. The molecule has 5 nitrogen and oxygen atoms in total. The average molecular weight is 355 g/mol. The van der Waals surface area contributed by atoms with E-state index >= 15 is 0 Å². The van der Waals surface area contributed by atoms with E-state index in [1.165, 1.54) is 11.0 Å². The molecule has 0 aliphatic carbocycles. The van der Waals surface area contributed by atoms with Crippen molar-refractivity contribution in [3.05, 3.63) is 59.2 Å². The highest BCUT2D eigenvalue weighted by molar-refractivity contribution is 8.00. The van der Waals surface area contributed by atoms with Crippen LogP contribution in [0.1, 0.15) is 27.9 Å². The van der Waals surface area contributed by atoms with Crippen LogP contribution in [-0.4, -0.2) is 28.1 Å². The third-order valence-electron chi connectivity index (χ3n) is 4.09. The van der Waals surface area contributed by atoms with Crippen LogP contribution in [-0.2, 0) is 9.59 Å². The van der Waals surface area contributed by atoms with Gasteiger partial charge in [0.1, 0.15) is 0 Å². The number of rotatable bonds is 4. The quantitative estimate of drug-likeness (QED) is 0.851. The van der Waals surface area contributed by atoms with Gasteiger partial charge in [0.25, 0.3) is 0 Å². The first-order chi connectivity index (χ1) is 11.9. The van der Waals surface area contributed by atoms with Crippen molar-refractivity contribution in [2.45, 2.75) is 30.4 Å². The molecule has 0 bridgehead atoms. The smallest absolute Gasteiger partial charge is 0.336 e. The Morgan fingerprint density at radius 3 is 2.56 bits per heavy atom. The lowest BCUT2D eigenvalue weighted by atomic mass is 10.1. The number of carbonyl (C=O) groups excluding carboxylic acids is 2. The van der Waals surface area contributed by atoms with Gasteiger partial charge in [-0.05, 0) is 37.6 Å². The van der Waals surface area contributed by atoms with E-state index in [9.17, 15) is 19.5 Å². The van der Waals surface area contributed by atoms with Crippen LogP contribution in [0, 0.1) is 13.8 Å². The zero-order valence-electron chi connectivity index (χ0n) is 13.9. The number of nitrogens with zero attached hydrogens (tertiary/aromatic N) is 1. The molecule has 1 heterocycles. The standard InChI is InChI=1S/C19H17NO4S/c1-11-7-8-14(12(2)9-11)20-17(21)10-16(18(20)22)25-15-6-4-3-5-13(15)19(23)24/h3-9,16H,10H2,1-2H3,(H,23,24)/t16-/m0/s1. The summed E-state index contributed by atoms with van der Waals surface area (Å²) in [6.45, 7) is 3.81. The molecule has 0 spiro atoms. The molecule has 0 saturated carbocycles. The fraction of sp³-hybridized carbons (Fsp3) is 0.211. The van der Waals surface area contributed by atoms with Crippen LogP contribution in [0.15, 0.2) is 47.4 Å². The van der Waals surface area contributed by atoms with Gasteiger partial charge in [-0.15, -0.1) is 11.8 Å². The Morgan fingerprint density at radius 1 is 1.16 bits per heavy atom. The third kappa shape index (κ3) is 3.30. The molecule has 2 amide bonds. The first kappa shape index (κ1) is 17.2. The molecule has 1 atom stereocenters. The number of amides is 2. The molecule has 1 aliphatic rings. The largest absolute Gasteiger partial charge is 0.478 e. The number of carboxylic acids is 1. The van der Waals surface area contributed by atoms with Crippen LogP contribution in [0.25, 0.3) is 0 Å². The number of imide groups is 1. The summed E-state index contributed by atoms with van der Waals surface area (Å²) in [5.41, 5.74) is 2.65. The Labute approximate surface area is 149 Å². The van der Waals surface area contributed by atoms with Gasteiger partial charge in [-0.25, -0.2) is 9.69 Å². The van der Waals surface area contributed by atoms with Crippen LogP contribution >= 0.6 is 11.8 Å². The van der Waals surface area contributed by atoms with Gasteiger partial charge in [-0.1, -0.05) is 29.8 Å². The highest BCUT2D eigenvalue weighted by Crippen LogP contribution is 2.36. The van der Waals surface area contributed by atoms with E-state index in [4.69, 9.17) is 0 Å². The number of hydrogen-bond acceptors (Lipinski definition) is 4. The molecule has 6 heteroatoms. The van der Waals surface area contributed by atoms with Crippen molar-refractivity contribution in [2.24, 2.45) is 0 Å². The first-order valence-corrected chi connectivity index (χ1v) is 8.69. The number of anilines is 1. The molecule has 0 radical (unpaired) electrons. The van der Waals surface area contributed by atoms with E-state index < -0.39 is 11.2 Å². The van der Waals surface area contributed by atoms with Crippen LogP contribution in [0.5, 0.6) is 0 Å². The first-order valence-electron chi connectivity index (χ1n) is 7.81. The van der Waals surface area contributed by atoms with Crippen LogP contribution in [0.2, 0.25) is 0 Å². The number of hydrogen-bond donors (Lipinski definition) is 1. The van der Waals surface area contributed by atoms with E-state index in [1.807, 2.05) is 26.0 Å². The van der Waals surface area contributed by atoms with Gasteiger partial charge in [-0.2, -0.15) is 0 Å². The second-order valence-corrected chi connectivity index (χ2v) is 7.21. The summed E-state index contributed by atoms with van der Waals surface area (Å²) in [6.07, 6.45) is 0.0603. The second kappa shape index (κ2) is 6.72. The van der Waals surface area contributed by atoms with Crippen molar-refractivity contribution in [2.75, 3.05) is 4.90 Å². The molecule has 1 fully saturated rings. The zero-order chi connectivity index (χ0) is 18.1. The second-order valence-electron chi connectivity index (χ2n) is 5.97. The highest BCUT2D eigenvalue weighted by Gasteiger charge is 2.41. The SMILES string of the molecule is Cc1ccc(N2C(=O)C[C@H](Sc3ccccc3C(=O)O)C2=O)c(C)c1. The van der Waals surface area contributed by atoms with E-state index in [0.29, 0.717) is 10.6 Å². The van der Waals surface area contributed by atoms with E-state index in [1.54, 1.807) is 24.3 Å². The van der Waals surface area contributed by atoms with Crippen molar-refractivity contribution < 1.29 is 19.5 Å². The van der Waals surface area contributed by atoms with Crippen molar-refractivity contribution in [1.82, 2.24) is 0 Å². The van der Waals surface area contributed by atoms with Crippen LogP contribution < -0.4 is 4.90 Å². The summed E-state index contributed by atoms with van der Waals surface area (Å²) >= 11 is 1.13. The molecular formula is C19H17NO4S. The molecule has 25 heavy (non-hydrogen) atoms. The van der Waals surface area contributed by atoms with Gasteiger partial charge >= 0.3 is 5.97 Å². The fourth-order valence-electron chi connectivity index (χ4n) is 2.90. The van der Waals surface area contributed by atoms with Gasteiger partial charge in [-0.3, -0.25) is 9.59 Å². The van der Waals surface area contributed by atoms with Crippen molar-refractivity contribution in [1.29, 1.82) is 0 Å². The number of carboxylic acid groups (broad SMARTS) is 1. The van der Waals surface area contributed by atoms with E-state index in [0.717, 1.165) is 22.9 Å². The Kier molecular flexibility index (Phi) is 4.63. The predicted octanol–water partition coefficient (Wildman–Crippen LogP) is 3.43. The van der Waals surface area contributed by atoms with Crippen LogP contribution in [0.4, 0.5) is 5.69 Å². The van der Waals surface area contributed by atoms with E-state index in [-0.39, 0.29) is 23.8 Å². The van der Waals surface area contributed by atoms with Gasteiger partial charge < -0.3 is 5.11 Å². The summed E-state index contributed by atoms with van der Waals surface area (Å²) in [5.74, 6) is -1.62. The number of aromatic carboxylic acids is 1. The number of benzene rings is 2. The molecule has 0 aromatic heterocycles. The lowest BCUT2D eigenvalue weighted by molar-refractivity contribution is -0.121. The monoisotopic (exact) mass is 355 g/mol. The van der Waals surface area contributed by atoms with Crippen molar-refractivity contribution >= 4 is 35.2 Å². The normalized spacial score (nSPS) is 17.2. The lowest BCUT2D eigenvalue weighted by Gasteiger charge is -2.18. The number of aryl methyl sites for hydroxylation is 2. The van der Waals surface area contributed by atoms with Gasteiger partial charge in [0.2, 0.25) is 11.8 Å². The summed E-state index contributed by atoms with van der Waals surface area (Å²) < 4.78 is 0. The summed E-state index contributed by atoms with van der Waals surface area (Å²) in [7, 11) is 0. The number of carbonyl (C=O) groups is 3. The molecule has 128 valence electrons. The minimum atomic E-state index is -1.05. The molecule has 2 aromatic rings. The Morgan fingerprint density at radius 2 is 1.88 bits per heavy atom. The zero-order valence-corrected chi connectivity index (χ0v) is 14.7. The maximum Gasteiger partial charge on any atom is 0.336 e. The fourth-order valence-corrected chi connectivity index (χ4v) is 4.08. The Bertz CT molecular complexity index is 877. The van der Waals surface area contributed by atoms with Crippen LogP contribution in [0.3, 0.4) is 0 Å². The molecule has 0 unspecified atom stereocenters. The lowest BCUT2D eigenvalue weighted by Crippen LogP contribution is -2.31. The van der Waals surface area contributed by atoms with E-state index in [2.05, 4.69) is 0 Å². The third-order valence-corrected chi connectivity index (χ3v) is 5.35. The summed E-state index contributed by atoms with van der Waals surface area (Å²) in [4.78, 5) is 38.2. The Hall–Kier alpha value is -2.60. The maximum absolute atomic E-state index is 12.8. The van der Waals surface area contributed by atoms with Gasteiger partial charge in [0, 0.05) is 11.3 Å². The topological polar surface area (TPSA) is 74.7 Å². The average Bonchev–Trinajstić information content (AvgIpc) is 2.82. The minimum Gasteiger partial charge on any atom is -0.478 e. The predicted molar refractivity (Wildman–Crippen MR) is 96.1 cm³/mol. The summed E-state index contributed by atoms with van der Waals surface area (Å²) in [6, 6.07) is 12.1. The molecule has 1 saturated heterocycles. The maximum atomic E-state index is 12.8.